The Morgan fingerprint density at radius 3 is 1.60 bits per heavy atom. The van der Waals surface area contributed by atoms with Crippen molar-refractivity contribution in [1.82, 2.24) is 0 Å². The number of halogens is 3. The van der Waals surface area contributed by atoms with E-state index >= 15 is 0 Å². The molecule has 0 spiro atoms. The zero-order chi connectivity index (χ0) is 22.2. The van der Waals surface area contributed by atoms with E-state index in [0.29, 0.717) is 16.7 Å². The van der Waals surface area contributed by atoms with Gasteiger partial charge in [0.25, 0.3) is 0 Å². The fourth-order valence-corrected chi connectivity index (χ4v) is 3.71. The maximum Gasteiger partial charge on any atom is 0.534 e. The molecule has 0 heterocycles. The first-order valence-electron chi connectivity index (χ1n) is 9.21. The highest BCUT2D eigenvalue weighted by Gasteiger charge is 2.49. The zero-order valence-electron chi connectivity index (χ0n) is 16.7. The molecule has 0 saturated carbocycles. The summed E-state index contributed by atoms with van der Waals surface area (Å²) in [7, 11) is -5.83. The highest BCUT2D eigenvalue weighted by molar-refractivity contribution is 7.88. The Morgan fingerprint density at radius 2 is 1.17 bits per heavy atom. The van der Waals surface area contributed by atoms with Crippen LogP contribution in [0.25, 0.3) is 22.3 Å². The van der Waals surface area contributed by atoms with Gasteiger partial charge in [-0.3, -0.25) is 0 Å². The number of rotatable bonds is 4. The van der Waals surface area contributed by atoms with Gasteiger partial charge in [0.05, 0.1) is 0 Å². The predicted octanol–water partition coefficient (Wildman–Crippen LogP) is 6.55. The summed E-state index contributed by atoms with van der Waals surface area (Å²) in [5.41, 5.74) is -2.83. The Morgan fingerprint density at radius 1 is 0.700 bits per heavy atom. The van der Waals surface area contributed by atoms with Crippen LogP contribution in [0.3, 0.4) is 0 Å². The molecule has 158 valence electrons. The van der Waals surface area contributed by atoms with Crippen LogP contribution in [0, 0.1) is 0 Å². The lowest BCUT2D eigenvalue weighted by atomic mass is 9.78. The van der Waals surface area contributed by atoms with Crippen molar-refractivity contribution in [2.75, 3.05) is 0 Å². The molecular formula is C23H21F3O3S. The molecule has 0 bridgehead atoms. The van der Waals surface area contributed by atoms with Crippen LogP contribution in [0.1, 0.15) is 26.3 Å². The summed E-state index contributed by atoms with van der Waals surface area (Å²) in [5, 5.41) is 0. The Kier molecular flexibility index (Phi) is 5.69. The summed E-state index contributed by atoms with van der Waals surface area (Å²) in [5.74, 6) is -0.370. The van der Waals surface area contributed by atoms with Gasteiger partial charge < -0.3 is 4.18 Å². The fourth-order valence-electron chi connectivity index (χ4n) is 3.24. The molecule has 0 aliphatic heterocycles. The van der Waals surface area contributed by atoms with Gasteiger partial charge in [0.15, 0.2) is 5.75 Å². The molecule has 0 unspecified atom stereocenters. The molecule has 3 rings (SSSR count). The third-order valence-electron chi connectivity index (χ3n) is 4.58. The Bertz CT molecular complexity index is 1130. The van der Waals surface area contributed by atoms with E-state index in [2.05, 4.69) is 4.18 Å². The molecule has 0 aromatic heterocycles. The first-order chi connectivity index (χ1) is 13.9. The van der Waals surface area contributed by atoms with Gasteiger partial charge >= 0.3 is 15.6 Å². The highest BCUT2D eigenvalue weighted by atomic mass is 32.2. The molecule has 0 aliphatic rings. The average Bonchev–Trinajstić information content (AvgIpc) is 2.67. The molecule has 0 N–H and O–H groups in total. The lowest BCUT2D eigenvalue weighted by Crippen LogP contribution is -2.28. The molecule has 7 heteroatoms. The van der Waals surface area contributed by atoms with Crippen molar-refractivity contribution in [1.29, 1.82) is 0 Å². The van der Waals surface area contributed by atoms with Gasteiger partial charge in [-0.25, -0.2) is 0 Å². The molecular weight excluding hydrogens is 413 g/mol. The van der Waals surface area contributed by atoms with Crippen LogP contribution >= 0.6 is 0 Å². The maximum absolute atomic E-state index is 13.0. The van der Waals surface area contributed by atoms with Crippen molar-refractivity contribution < 1.29 is 25.8 Å². The zero-order valence-corrected chi connectivity index (χ0v) is 17.5. The fraction of sp³-hybridized carbons (Fsp3) is 0.217. The molecule has 3 aromatic carbocycles. The topological polar surface area (TPSA) is 43.4 Å². The molecule has 3 aromatic rings. The van der Waals surface area contributed by atoms with Gasteiger partial charge in [0.2, 0.25) is 0 Å². The van der Waals surface area contributed by atoms with E-state index in [-0.39, 0.29) is 11.2 Å². The summed E-state index contributed by atoms with van der Waals surface area (Å²) in [6.45, 7) is 5.95. The Labute approximate surface area is 174 Å². The molecule has 0 radical (unpaired) electrons. The lowest BCUT2D eigenvalue weighted by Gasteiger charge is -2.27. The summed E-state index contributed by atoms with van der Waals surface area (Å²) >= 11 is 0. The smallest absolute Gasteiger partial charge is 0.375 e. The van der Waals surface area contributed by atoms with Crippen LogP contribution in [-0.2, 0) is 15.5 Å². The van der Waals surface area contributed by atoms with Gasteiger partial charge in [-0.15, -0.1) is 0 Å². The minimum absolute atomic E-state index is 0.294. The molecule has 3 nitrogen and oxygen atoms in total. The van der Waals surface area contributed by atoms with Crippen molar-refractivity contribution in [3.63, 3.8) is 0 Å². The molecule has 0 atom stereocenters. The van der Waals surface area contributed by atoms with Crippen molar-refractivity contribution in [3.05, 3.63) is 78.4 Å². The lowest BCUT2D eigenvalue weighted by molar-refractivity contribution is -0.0499. The van der Waals surface area contributed by atoms with E-state index < -0.39 is 15.6 Å². The average molecular weight is 434 g/mol. The maximum atomic E-state index is 13.0. The number of alkyl halides is 3. The minimum atomic E-state index is -5.83. The van der Waals surface area contributed by atoms with E-state index in [4.69, 9.17) is 0 Å². The van der Waals surface area contributed by atoms with E-state index in [1.165, 1.54) is 6.07 Å². The molecule has 0 aliphatic carbocycles. The standard InChI is InChI=1S/C23H21F3O3S/c1-22(2,3)18-14-15-19(29-30(27,28)23(24,25)26)21(17-12-8-5-9-13-17)20(18)16-10-6-4-7-11-16/h4-15H,1-3H3. The number of hydrogen-bond acceptors (Lipinski definition) is 3. The van der Waals surface area contributed by atoms with Crippen LogP contribution in [-0.4, -0.2) is 13.9 Å². The normalized spacial score (nSPS) is 12.6. The van der Waals surface area contributed by atoms with E-state index in [1.807, 2.05) is 51.1 Å². The summed E-state index contributed by atoms with van der Waals surface area (Å²) in [6.07, 6.45) is 0. The van der Waals surface area contributed by atoms with Gasteiger partial charge in [0, 0.05) is 5.56 Å². The predicted molar refractivity (Wildman–Crippen MR) is 112 cm³/mol. The number of hydrogen-bond donors (Lipinski definition) is 0. The van der Waals surface area contributed by atoms with Crippen LogP contribution in [0.4, 0.5) is 13.2 Å². The van der Waals surface area contributed by atoms with Crippen molar-refractivity contribution >= 4 is 10.1 Å². The van der Waals surface area contributed by atoms with Crippen molar-refractivity contribution in [2.24, 2.45) is 0 Å². The van der Waals surface area contributed by atoms with Gasteiger partial charge in [-0.2, -0.15) is 21.6 Å². The van der Waals surface area contributed by atoms with Crippen LogP contribution in [0.2, 0.25) is 0 Å². The molecule has 0 fully saturated rings. The second-order valence-corrected chi connectivity index (χ2v) is 9.36. The first-order valence-corrected chi connectivity index (χ1v) is 10.6. The molecule has 30 heavy (non-hydrogen) atoms. The monoisotopic (exact) mass is 434 g/mol. The quantitative estimate of drug-likeness (QED) is 0.346. The van der Waals surface area contributed by atoms with Gasteiger partial charge in [-0.1, -0.05) is 87.5 Å². The third-order valence-corrected chi connectivity index (χ3v) is 5.55. The van der Waals surface area contributed by atoms with Crippen molar-refractivity contribution in [2.45, 2.75) is 31.7 Å². The second-order valence-electron chi connectivity index (χ2n) is 7.83. The van der Waals surface area contributed by atoms with Crippen LogP contribution < -0.4 is 4.18 Å². The Balaban J connectivity index is 2.41. The third kappa shape index (κ3) is 4.36. The van der Waals surface area contributed by atoms with E-state index in [0.717, 1.165) is 11.1 Å². The summed E-state index contributed by atoms with van der Waals surface area (Å²) < 4.78 is 67.3. The largest absolute Gasteiger partial charge is 0.534 e. The van der Waals surface area contributed by atoms with E-state index in [9.17, 15) is 21.6 Å². The minimum Gasteiger partial charge on any atom is -0.375 e. The number of benzene rings is 3. The van der Waals surface area contributed by atoms with E-state index in [1.54, 1.807) is 36.4 Å². The molecule has 0 amide bonds. The second kappa shape index (κ2) is 7.80. The SMILES string of the molecule is CC(C)(C)c1ccc(OS(=O)(=O)C(F)(F)F)c(-c2ccccc2)c1-c1ccccc1. The van der Waals surface area contributed by atoms with Gasteiger partial charge in [-0.05, 0) is 33.7 Å². The first kappa shape index (κ1) is 21.9. The summed E-state index contributed by atoms with van der Waals surface area (Å²) in [4.78, 5) is 0. The Hall–Kier alpha value is -2.80. The van der Waals surface area contributed by atoms with Crippen molar-refractivity contribution in [3.8, 4) is 28.0 Å². The van der Waals surface area contributed by atoms with Gasteiger partial charge in [0.1, 0.15) is 0 Å². The van der Waals surface area contributed by atoms with Crippen LogP contribution in [0.15, 0.2) is 72.8 Å². The summed E-state index contributed by atoms with van der Waals surface area (Å²) in [6, 6.07) is 20.7. The highest BCUT2D eigenvalue weighted by Crippen LogP contribution is 2.46. The van der Waals surface area contributed by atoms with Crippen LogP contribution in [0.5, 0.6) is 5.75 Å². The molecule has 0 saturated heterocycles.